The Hall–Kier alpha value is -5.54. The zero-order valence-corrected chi connectivity index (χ0v) is 23.6. The van der Waals surface area contributed by atoms with Crippen LogP contribution in [0.1, 0.15) is 18.5 Å². The molecule has 0 aliphatic heterocycles. The van der Waals surface area contributed by atoms with E-state index in [1.165, 1.54) is 11.1 Å². The van der Waals surface area contributed by atoms with E-state index < -0.39 is 0 Å². The Bertz CT molecular complexity index is 2150. The molecule has 1 aliphatic carbocycles. The number of fused-ring (bicyclic) bond motifs is 3. The first-order valence-corrected chi connectivity index (χ1v) is 14.7. The van der Waals surface area contributed by atoms with Crippen molar-refractivity contribution in [2.24, 2.45) is 0 Å². The average Bonchev–Trinajstić information content (AvgIpc) is 3.48. The van der Waals surface area contributed by atoms with Gasteiger partial charge in [0.1, 0.15) is 11.2 Å². The molecule has 7 aromatic rings. The number of hydrogen-bond donors (Lipinski definition) is 0. The van der Waals surface area contributed by atoms with Crippen molar-refractivity contribution in [2.45, 2.75) is 12.8 Å². The molecule has 1 aliphatic rings. The minimum Gasteiger partial charge on any atom is -0.455 e. The molecule has 2 aromatic heterocycles. The zero-order chi connectivity index (χ0) is 28.6. The van der Waals surface area contributed by atoms with E-state index >= 15 is 0 Å². The Labute approximate surface area is 250 Å². The average molecular weight is 553 g/mol. The van der Waals surface area contributed by atoms with Crippen LogP contribution < -0.4 is 0 Å². The molecule has 2 heterocycles. The van der Waals surface area contributed by atoms with E-state index in [9.17, 15) is 0 Å². The van der Waals surface area contributed by atoms with Crippen molar-refractivity contribution in [3.05, 3.63) is 151 Å². The number of para-hydroxylation sites is 2. The highest BCUT2D eigenvalue weighted by molar-refractivity contribution is 6.09. The molecule has 3 nitrogen and oxygen atoms in total. The zero-order valence-electron chi connectivity index (χ0n) is 23.6. The second kappa shape index (κ2) is 10.7. The summed E-state index contributed by atoms with van der Waals surface area (Å²) in [6, 6.07) is 44.3. The minimum absolute atomic E-state index is 0.725. The summed E-state index contributed by atoms with van der Waals surface area (Å²) in [5.74, 6) is 0.725. The van der Waals surface area contributed by atoms with Gasteiger partial charge in [0.05, 0.1) is 11.4 Å². The number of nitrogens with zero attached hydrogens (tertiary/aromatic N) is 2. The highest BCUT2D eigenvalue weighted by atomic mass is 16.3. The smallest absolute Gasteiger partial charge is 0.160 e. The highest BCUT2D eigenvalue weighted by Gasteiger charge is 2.14. The van der Waals surface area contributed by atoms with Crippen LogP contribution in [-0.4, -0.2) is 9.97 Å². The summed E-state index contributed by atoms with van der Waals surface area (Å²) in [6.07, 6.45) is 8.75. The second-order valence-corrected chi connectivity index (χ2v) is 10.9. The molecule has 0 saturated carbocycles. The van der Waals surface area contributed by atoms with Gasteiger partial charge in [0.25, 0.3) is 0 Å². The fraction of sp³-hybridized carbons (Fsp3) is 0.0500. The van der Waals surface area contributed by atoms with Crippen LogP contribution in [0.5, 0.6) is 0 Å². The van der Waals surface area contributed by atoms with Crippen molar-refractivity contribution in [3.8, 4) is 44.9 Å². The Morgan fingerprint density at radius 2 is 1.19 bits per heavy atom. The summed E-state index contributed by atoms with van der Waals surface area (Å²) in [5.41, 5.74) is 11.4. The lowest BCUT2D eigenvalue weighted by molar-refractivity contribution is 0.670. The van der Waals surface area contributed by atoms with Crippen LogP contribution in [0.25, 0.3) is 72.4 Å². The molecule has 5 aromatic carbocycles. The molecule has 0 atom stereocenters. The lowest BCUT2D eigenvalue weighted by atomic mass is 9.99. The lowest BCUT2D eigenvalue weighted by Crippen LogP contribution is -1.99. The molecular weight excluding hydrogens is 524 g/mol. The summed E-state index contributed by atoms with van der Waals surface area (Å²) >= 11 is 0. The predicted molar refractivity (Wildman–Crippen MR) is 177 cm³/mol. The van der Waals surface area contributed by atoms with Crippen molar-refractivity contribution in [1.29, 1.82) is 0 Å². The maximum atomic E-state index is 6.30. The number of allylic oxidation sites excluding steroid dienone is 4. The number of hydrogen-bond acceptors (Lipinski definition) is 3. The fourth-order valence-electron chi connectivity index (χ4n) is 5.91. The van der Waals surface area contributed by atoms with E-state index in [0.717, 1.165) is 79.8 Å². The second-order valence-electron chi connectivity index (χ2n) is 10.9. The number of benzene rings is 5. The van der Waals surface area contributed by atoms with Gasteiger partial charge in [-0.15, -0.1) is 0 Å². The monoisotopic (exact) mass is 552 g/mol. The molecular formula is C40H28N2O. The third-order valence-electron chi connectivity index (χ3n) is 8.16. The molecule has 0 spiro atoms. The first kappa shape index (κ1) is 25.2. The SMILES string of the molecule is C1=CC(c2cc(-c3ccc(-c4cccc5c4oc4ccccc45)cc3)nc(-c3ccc(-c4ccccc4)cc3)n2)=CCC1. The first-order valence-electron chi connectivity index (χ1n) is 14.7. The maximum Gasteiger partial charge on any atom is 0.160 e. The molecule has 0 radical (unpaired) electrons. The van der Waals surface area contributed by atoms with Gasteiger partial charge in [0.15, 0.2) is 5.82 Å². The van der Waals surface area contributed by atoms with Gasteiger partial charge in [-0.25, -0.2) is 9.97 Å². The molecule has 43 heavy (non-hydrogen) atoms. The van der Waals surface area contributed by atoms with Gasteiger partial charge in [-0.05, 0) is 47.2 Å². The summed E-state index contributed by atoms with van der Waals surface area (Å²) in [7, 11) is 0. The maximum absolute atomic E-state index is 6.30. The van der Waals surface area contributed by atoms with E-state index in [2.05, 4.69) is 127 Å². The van der Waals surface area contributed by atoms with Crippen LogP contribution in [0.4, 0.5) is 0 Å². The summed E-state index contributed by atoms with van der Waals surface area (Å²) in [4.78, 5) is 10.1. The molecule has 0 amide bonds. The third kappa shape index (κ3) is 4.75. The topological polar surface area (TPSA) is 38.9 Å². The van der Waals surface area contributed by atoms with Crippen molar-refractivity contribution in [3.63, 3.8) is 0 Å². The third-order valence-corrected chi connectivity index (χ3v) is 8.16. The van der Waals surface area contributed by atoms with Gasteiger partial charge in [-0.3, -0.25) is 0 Å². The van der Waals surface area contributed by atoms with Crippen molar-refractivity contribution in [1.82, 2.24) is 9.97 Å². The highest BCUT2D eigenvalue weighted by Crippen LogP contribution is 2.36. The van der Waals surface area contributed by atoms with Crippen LogP contribution in [0.2, 0.25) is 0 Å². The molecule has 0 saturated heterocycles. The minimum atomic E-state index is 0.725. The Morgan fingerprint density at radius 3 is 2.00 bits per heavy atom. The summed E-state index contributed by atoms with van der Waals surface area (Å²) in [6.45, 7) is 0. The number of rotatable bonds is 5. The molecule has 8 rings (SSSR count). The van der Waals surface area contributed by atoms with Gasteiger partial charge in [-0.2, -0.15) is 0 Å². The summed E-state index contributed by atoms with van der Waals surface area (Å²) < 4.78 is 6.30. The van der Waals surface area contributed by atoms with Crippen LogP contribution in [0, 0.1) is 0 Å². The molecule has 0 fully saturated rings. The van der Waals surface area contributed by atoms with Gasteiger partial charge in [0, 0.05) is 27.5 Å². The van der Waals surface area contributed by atoms with Gasteiger partial charge in [-0.1, -0.05) is 133 Å². The largest absolute Gasteiger partial charge is 0.455 e. The van der Waals surface area contributed by atoms with Crippen LogP contribution in [0.3, 0.4) is 0 Å². The fourth-order valence-corrected chi connectivity index (χ4v) is 5.91. The lowest BCUT2D eigenvalue weighted by Gasteiger charge is -2.12. The quantitative estimate of drug-likeness (QED) is 0.213. The predicted octanol–water partition coefficient (Wildman–Crippen LogP) is 10.8. The van der Waals surface area contributed by atoms with Crippen molar-refractivity contribution >= 4 is 27.5 Å². The normalized spacial score (nSPS) is 13.0. The Balaban J connectivity index is 1.19. The van der Waals surface area contributed by atoms with Gasteiger partial charge >= 0.3 is 0 Å². The van der Waals surface area contributed by atoms with Crippen molar-refractivity contribution < 1.29 is 4.42 Å². The summed E-state index contributed by atoms with van der Waals surface area (Å²) in [5, 5.41) is 2.27. The van der Waals surface area contributed by atoms with E-state index in [1.807, 2.05) is 18.2 Å². The number of furan rings is 1. The molecule has 3 heteroatoms. The van der Waals surface area contributed by atoms with Crippen LogP contribution in [0.15, 0.2) is 150 Å². The standard InChI is InChI=1S/C40H28N2O/c1-3-10-27(11-4-1)28-18-24-32(25-19-28)40-41-36(30-12-5-2-6-13-30)26-37(42-40)31-22-20-29(21-23-31)33-15-9-16-35-34-14-7-8-17-38(34)43-39(33)35/h1,3-5,7-26H,2,6H2. The molecule has 0 N–H and O–H groups in total. The van der Waals surface area contributed by atoms with E-state index in [0.29, 0.717) is 0 Å². The van der Waals surface area contributed by atoms with E-state index in [1.54, 1.807) is 0 Å². The van der Waals surface area contributed by atoms with Crippen molar-refractivity contribution in [2.75, 3.05) is 0 Å². The van der Waals surface area contributed by atoms with Crippen LogP contribution >= 0.6 is 0 Å². The van der Waals surface area contributed by atoms with E-state index in [-0.39, 0.29) is 0 Å². The van der Waals surface area contributed by atoms with E-state index in [4.69, 9.17) is 14.4 Å². The Morgan fingerprint density at radius 1 is 0.512 bits per heavy atom. The Kier molecular flexibility index (Phi) is 6.27. The van der Waals surface area contributed by atoms with Gasteiger partial charge < -0.3 is 4.42 Å². The van der Waals surface area contributed by atoms with Crippen LogP contribution in [-0.2, 0) is 0 Å². The molecule has 0 unspecified atom stereocenters. The molecule has 0 bridgehead atoms. The molecule has 204 valence electrons. The first-order chi connectivity index (χ1) is 21.3. The number of aromatic nitrogens is 2. The van der Waals surface area contributed by atoms with Gasteiger partial charge in [0.2, 0.25) is 0 Å².